The molecule has 0 aliphatic rings. The SMILES string of the molecule is CCN(CCNC(=O)CCCC(=O)NC)Cc1ccc2ncccc2c1. The van der Waals surface area contributed by atoms with Crippen molar-refractivity contribution >= 4 is 22.7 Å². The van der Waals surface area contributed by atoms with Crippen LogP contribution in [0, 0.1) is 0 Å². The van der Waals surface area contributed by atoms with E-state index in [9.17, 15) is 9.59 Å². The lowest BCUT2D eigenvalue weighted by molar-refractivity contribution is -0.122. The summed E-state index contributed by atoms with van der Waals surface area (Å²) in [5, 5.41) is 6.63. The Morgan fingerprint density at radius 1 is 1.15 bits per heavy atom. The highest BCUT2D eigenvalue weighted by Gasteiger charge is 2.07. The van der Waals surface area contributed by atoms with Crippen LogP contribution in [0.4, 0.5) is 0 Å². The smallest absolute Gasteiger partial charge is 0.220 e. The first-order valence-electron chi connectivity index (χ1n) is 9.15. The topological polar surface area (TPSA) is 74.3 Å². The molecule has 0 aliphatic carbocycles. The molecule has 0 spiro atoms. The summed E-state index contributed by atoms with van der Waals surface area (Å²) >= 11 is 0. The summed E-state index contributed by atoms with van der Waals surface area (Å²) in [7, 11) is 1.60. The van der Waals surface area contributed by atoms with Crippen molar-refractivity contribution in [1.29, 1.82) is 0 Å². The van der Waals surface area contributed by atoms with Crippen molar-refractivity contribution in [2.45, 2.75) is 32.7 Å². The summed E-state index contributed by atoms with van der Waals surface area (Å²) in [5.74, 6) is -0.0257. The second-order valence-electron chi connectivity index (χ2n) is 6.28. The number of nitrogens with zero attached hydrogens (tertiary/aromatic N) is 2. The summed E-state index contributed by atoms with van der Waals surface area (Å²) in [5.41, 5.74) is 2.24. The molecule has 0 radical (unpaired) electrons. The molecule has 2 rings (SSSR count). The standard InChI is InChI=1S/C20H28N4O2/c1-3-24(13-12-23-20(26)8-4-7-19(25)21-2)15-16-9-10-18-17(14-16)6-5-11-22-18/h5-6,9-11,14H,3-4,7-8,12-13,15H2,1-2H3,(H,21,25)(H,23,26). The minimum absolute atomic E-state index is 0.00161. The predicted molar refractivity (Wildman–Crippen MR) is 104 cm³/mol. The Morgan fingerprint density at radius 2 is 1.96 bits per heavy atom. The Kier molecular flexibility index (Phi) is 8.02. The molecule has 1 aromatic carbocycles. The highest BCUT2D eigenvalue weighted by Crippen LogP contribution is 2.14. The minimum atomic E-state index is -0.0273. The Hall–Kier alpha value is -2.47. The number of hydrogen-bond donors (Lipinski definition) is 2. The maximum absolute atomic E-state index is 11.8. The number of fused-ring (bicyclic) bond motifs is 1. The summed E-state index contributed by atoms with van der Waals surface area (Å²) in [6.45, 7) is 5.28. The van der Waals surface area contributed by atoms with Gasteiger partial charge in [-0.05, 0) is 36.7 Å². The van der Waals surface area contributed by atoms with E-state index < -0.39 is 0 Å². The van der Waals surface area contributed by atoms with Crippen LogP contribution in [0.3, 0.4) is 0 Å². The fourth-order valence-corrected chi connectivity index (χ4v) is 2.81. The predicted octanol–water partition coefficient (Wildman–Crippen LogP) is 2.09. The van der Waals surface area contributed by atoms with E-state index in [1.54, 1.807) is 13.2 Å². The van der Waals surface area contributed by atoms with Crippen molar-refractivity contribution in [3.8, 4) is 0 Å². The zero-order chi connectivity index (χ0) is 18.8. The molecule has 0 atom stereocenters. The molecule has 6 heteroatoms. The largest absolute Gasteiger partial charge is 0.359 e. The monoisotopic (exact) mass is 356 g/mol. The molecule has 2 amide bonds. The van der Waals surface area contributed by atoms with Crippen molar-refractivity contribution in [2.75, 3.05) is 26.7 Å². The molecule has 0 fully saturated rings. The quantitative estimate of drug-likeness (QED) is 0.684. The average Bonchev–Trinajstić information content (AvgIpc) is 2.66. The van der Waals surface area contributed by atoms with E-state index in [0.717, 1.165) is 30.5 Å². The van der Waals surface area contributed by atoms with Gasteiger partial charge in [-0.1, -0.05) is 19.1 Å². The van der Waals surface area contributed by atoms with E-state index in [-0.39, 0.29) is 11.8 Å². The first kappa shape index (κ1) is 19.8. The number of rotatable bonds is 10. The zero-order valence-corrected chi connectivity index (χ0v) is 15.6. The van der Waals surface area contributed by atoms with Gasteiger partial charge >= 0.3 is 0 Å². The van der Waals surface area contributed by atoms with Gasteiger partial charge in [0.2, 0.25) is 11.8 Å². The molecule has 0 saturated heterocycles. The lowest BCUT2D eigenvalue weighted by atomic mass is 10.1. The second kappa shape index (κ2) is 10.5. The molecular formula is C20H28N4O2. The molecule has 0 aliphatic heterocycles. The fraction of sp³-hybridized carbons (Fsp3) is 0.450. The molecule has 0 saturated carbocycles. The van der Waals surface area contributed by atoms with Crippen LogP contribution in [0.1, 0.15) is 31.7 Å². The molecule has 140 valence electrons. The van der Waals surface area contributed by atoms with Crippen LogP contribution in [0.25, 0.3) is 10.9 Å². The van der Waals surface area contributed by atoms with Gasteiger partial charge in [0.25, 0.3) is 0 Å². The number of carbonyl (C=O) groups is 2. The van der Waals surface area contributed by atoms with Gasteiger partial charge in [0, 0.05) is 51.1 Å². The number of amides is 2. The van der Waals surface area contributed by atoms with Gasteiger partial charge in [-0.25, -0.2) is 0 Å². The Labute approximate surface area is 155 Å². The summed E-state index contributed by atoms with van der Waals surface area (Å²) in [6, 6.07) is 10.3. The van der Waals surface area contributed by atoms with Crippen LogP contribution in [-0.2, 0) is 16.1 Å². The Bertz CT molecular complexity index is 733. The van der Waals surface area contributed by atoms with E-state index in [0.29, 0.717) is 25.8 Å². The summed E-state index contributed by atoms with van der Waals surface area (Å²) in [6.07, 6.45) is 3.16. The maximum atomic E-state index is 11.8. The van der Waals surface area contributed by atoms with E-state index in [4.69, 9.17) is 0 Å². The Morgan fingerprint density at radius 3 is 2.73 bits per heavy atom. The van der Waals surface area contributed by atoms with Crippen LogP contribution in [-0.4, -0.2) is 48.4 Å². The minimum Gasteiger partial charge on any atom is -0.359 e. The zero-order valence-electron chi connectivity index (χ0n) is 15.6. The van der Waals surface area contributed by atoms with Crippen LogP contribution in [0.2, 0.25) is 0 Å². The van der Waals surface area contributed by atoms with Gasteiger partial charge in [-0.3, -0.25) is 19.5 Å². The van der Waals surface area contributed by atoms with Crippen molar-refractivity contribution < 1.29 is 9.59 Å². The third-order valence-corrected chi connectivity index (χ3v) is 4.36. The third kappa shape index (κ3) is 6.44. The van der Waals surface area contributed by atoms with Gasteiger partial charge in [0.15, 0.2) is 0 Å². The molecule has 0 bridgehead atoms. The second-order valence-corrected chi connectivity index (χ2v) is 6.28. The van der Waals surface area contributed by atoms with Crippen molar-refractivity contribution in [3.05, 3.63) is 42.1 Å². The molecule has 2 aromatic rings. The van der Waals surface area contributed by atoms with Gasteiger partial charge in [0.1, 0.15) is 0 Å². The lowest BCUT2D eigenvalue weighted by Crippen LogP contribution is -2.34. The number of benzene rings is 1. The van der Waals surface area contributed by atoms with E-state index in [1.165, 1.54) is 5.56 Å². The van der Waals surface area contributed by atoms with Gasteiger partial charge in [-0.2, -0.15) is 0 Å². The first-order chi connectivity index (χ1) is 12.6. The van der Waals surface area contributed by atoms with Crippen molar-refractivity contribution in [2.24, 2.45) is 0 Å². The van der Waals surface area contributed by atoms with Crippen molar-refractivity contribution in [3.63, 3.8) is 0 Å². The molecule has 2 N–H and O–H groups in total. The van der Waals surface area contributed by atoms with Gasteiger partial charge in [-0.15, -0.1) is 0 Å². The first-order valence-corrected chi connectivity index (χ1v) is 9.15. The normalized spacial score (nSPS) is 10.9. The van der Waals surface area contributed by atoms with Crippen LogP contribution in [0.15, 0.2) is 36.5 Å². The molecular weight excluding hydrogens is 328 g/mol. The number of likely N-dealkylation sites (N-methyl/N-ethyl adjacent to an activating group) is 1. The Balaban J connectivity index is 1.74. The number of nitrogens with one attached hydrogen (secondary N) is 2. The molecule has 1 aromatic heterocycles. The lowest BCUT2D eigenvalue weighted by Gasteiger charge is -2.21. The third-order valence-electron chi connectivity index (χ3n) is 4.36. The molecule has 0 unspecified atom stereocenters. The van der Waals surface area contributed by atoms with Crippen LogP contribution in [0.5, 0.6) is 0 Å². The highest BCUT2D eigenvalue weighted by atomic mass is 16.2. The number of hydrogen-bond acceptors (Lipinski definition) is 4. The highest BCUT2D eigenvalue weighted by molar-refractivity contribution is 5.79. The molecule has 26 heavy (non-hydrogen) atoms. The summed E-state index contributed by atoms with van der Waals surface area (Å²) in [4.78, 5) is 29.6. The average molecular weight is 356 g/mol. The maximum Gasteiger partial charge on any atom is 0.220 e. The number of pyridine rings is 1. The molecule has 1 heterocycles. The van der Waals surface area contributed by atoms with Gasteiger partial charge in [0.05, 0.1) is 5.52 Å². The number of aromatic nitrogens is 1. The fourth-order valence-electron chi connectivity index (χ4n) is 2.81. The number of carbonyl (C=O) groups excluding carboxylic acids is 2. The van der Waals surface area contributed by atoms with E-state index in [2.05, 4.69) is 45.6 Å². The van der Waals surface area contributed by atoms with E-state index in [1.807, 2.05) is 12.1 Å². The van der Waals surface area contributed by atoms with Crippen molar-refractivity contribution in [1.82, 2.24) is 20.5 Å². The van der Waals surface area contributed by atoms with E-state index >= 15 is 0 Å². The van der Waals surface area contributed by atoms with Crippen LogP contribution >= 0.6 is 0 Å². The summed E-state index contributed by atoms with van der Waals surface area (Å²) < 4.78 is 0. The van der Waals surface area contributed by atoms with Gasteiger partial charge < -0.3 is 10.6 Å². The van der Waals surface area contributed by atoms with Crippen LogP contribution < -0.4 is 10.6 Å². The molecule has 6 nitrogen and oxygen atoms in total.